The monoisotopic (exact) mass is 307 g/mol. The molecule has 0 saturated heterocycles. The lowest BCUT2D eigenvalue weighted by Gasteiger charge is -2.18. The molecule has 0 spiro atoms. The van der Waals surface area contributed by atoms with Gasteiger partial charge in [-0.25, -0.2) is 0 Å². The van der Waals surface area contributed by atoms with E-state index in [-0.39, 0.29) is 24.0 Å². The van der Waals surface area contributed by atoms with Crippen molar-refractivity contribution in [3.05, 3.63) is 28.3 Å². The zero-order valence-corrected chi connectivity index (χ0v) is 13.0. The minimum absolute atomic E-state index is 0.105. The minimum Gasteiger partial charge on any atom is -0.370 e. The molecule has 1 aromatic rings. The Hall–Kier alpha value is -1.88. The SMILES string of the molecule is CC(CC(N)=O)C(=N)c1cc(Cl)c2c(c1)C(C)(C)C(=O)N2. The van der Waals surface area contributed by atoms with Crippen LogP contribution in [0.3, 0.4) is 0 Å². The van der Waals surface area contributed by atoms with Crippen molar-refractivity contribution in [1.29, 1.82) is 5.41 Å². The molecule has 0 radical (unpaired) electrons. The van der Waals surface area contributed by atoms with Gasteiger partial charge in [-0.3, -0.25) is 9.59 Å². The van der Waals surface area contributed by atoms with Gasteiger partial charge in [0.05, 0.1) is 16.1 Å². The Morgan fingerprint density at radius 2 is 2.10 bits per heavy atom. The first-order chi connectivity index (χ1) is 9.64. The van der Waals surface area contributed by atoms with Gasteiger partial charge in [0.15, 0.2) is 0 Å². The Balaban J connectivity index is 2.44. The van der Waals surface area contributed by atoms with E-state index < -0.39 is 11.3 Å². The fourth-order valence-corrected chi connectivity index (χ4v) is 2.73. The van der Waals surface area contributed by atoms with Gasteiger partial charge in [-0.1, -0.05) is 18.5 Å². The number of halogens is 1. The van der Waals surface area contributed by atoms with Crippen molar-refractivity contribution in [3.8, 4) is 0 Å². The van der Waals surface area contributed by atoms with Crippen LogP contribution in [0.25, 0.3) is 0 Å². The van der Waals surface area contributed by atoms with E-state index in [0.717, 1.165) is 5.56 Å². The summed E-state index contributed by atoms with van der Waals surface area (Å²) < 4.78 is 0. The standard InChI is InChI=1S/C15H18ClN3O2/c1-7(4-11(17)20)12(18)8-5-9-13(10(16)6-8)19-14(21)15(9,2)3/h5-7,18H,4H2,1-3H3,(H2,17,20)(H,19,21). The number of hydrogen-bond acceptors (Lipinski definition) is 3. The second kappa shape index (κ2) is 5.15. The second-order valence-corrected chi connectivity index (χ2v) is 6.35. The van der Waals surface area contributed by atoms with Crippen molar-refractivity contribution >= 4 is 34.8 Å². The number of carbonyl (C=O) groups is 2. The average Bonchev–Trinajstić information content (AvgIpc) is 2.60. The maximum Gasteiger partial charge on any atom is 0.234 e. The summed E-state index contributed by atoms with van der Waals surface area (Å²) in [6.45, 7) is 5.39. The van der Waals surface area contributed by atoms with E-state index in [1.54, 1.807) is 19.1 Å². The number of benzene rings is 1. The van der Waals surface area contributed by atoms with Crippen molar-refractivity contribution in [2.45, 2.75) is 32.6 Å². The van der Waals surface area contributed by atoms with Crippen LogP contribution in [0.2, 0.25) is 5.02 Å². The molecule has 2 amide bonds. The molecule has 1 aliphatic heterocycles. The molecule has 4 N–H and O–H groups in total. The van der Waals surface area contributed by atoms with Gasteiger partial charge in [-0.15, -0.1) is 0 Å². The molecule has 6 heteroatoms. The molecular formula is C15H18ClN3O2. The lowest BCUT2D eigenvalue weighted by molar-refractivity contribution is -0.120. The molecule has 0 fully saturated rings. The number of nitrogens with one attached hydrogen (secondary N) is 2. The third-order valence-electron chi connectivity index (χ3n) is 3.88. The van der Waals surface area contributed by atoms with Crippen molar-refractivity contribution in [2.24, 2.45) is 11.7 Å². The summed E-state index contributed by atoms with van der Waals surface area (Å²) in [6, 6.07) is 3.43. The molecule has 0 saturated carbocycles. The predicted molar refractivity (Wildman–Crippen MR) is 82.9 cm³/mol. The molecule has 21 heavy (non-hydrogen) atoms. The van der Waals surface area contributed by atoms with Gasteiger partial charge in [0.2, 0.25) is 11.8 Å². The van der Waals surface area contributed by atoms with Gasteiger partial charge in [0.1, 0.15) is 0 Å². The Morgan fingerprint density at radius 3 is 2.67 bits per heavy atom. The zero-order valence-electron chi connectivity index (χ0n) is 12.2. The van der Waals surface area contributed by atoms with E-state index in [9.17, 15) is 9.59 Å². The molecule has 112 valence electrons. The molecule has 1 unspecified atom stereocenters. The molecule has 1 heterocycles. The van der Waals surface area contributed by atoms with Crippen molar-refractivity contribution < 1.29 is 9.59 Å². The molecule has 5 nitrogen and oxygen atoms in total. The summed E-state index contributed by atoms with van der Waals surface area (Å²) in [7, 11) is 0. The maximum absolute atomic E-state index is 12.0. The van der Waals surface area contributed by atoms with Gasteiger partial charge < -0.3 is 16.5 Å². The summed E-state index contributed by atoms with van der Waals surface area (Å²) in [5, 5.41) is 11.4. The Labute approximate surface area is 128 Å². The molecular weight excluding hydrogens is 290 g/mol. The Bertz CT molecular complexity index is 653. The molecule has 1 atom stereocenters. The van der Waals surface area contributed by atoms with Crippen LogP contribution >= 0.6 is 11.6 Å². The van der Waals surface area contributed by atoms with Crippen molar-refractivity contribution in [1.82, 2.24) is 0 Å². The van der Waals surface area contributed by atoms with Crippen molar-refractivity contribution in [2.75, 3.05) is 5.32 Å². The zero-order chi connectivity index (χ0) is 15.9. The summed E-state index contributed by atoms with van der Waals surface area (Å²) >= 11 is 6.22. The lowest BCUT2D eigenvalue weighted by atomic mass is 9.84. The van der Waals surface area contributed by atoms with E-state index in [1.807, 2.05) is 13.8 Å². The third-order valence-corrected chi connectivity index (χ3v) is 4.18. The van der Waals surface area contributed by atoms with Crippen LogP contribution in [-0.2, 0) is 15.0 Å². The second-order valence-electron chi connectivity index (χ2n) is 5.94. The van der Waals surface area contributed by atoms with Gasteiger partial charge in [0.25, 0.3) is 0 Å². The highest BCUT2D eigenvalue weighted by Crippen LogP contribution is 2.42. The largest absolute Gasteiger partial charge is 0.370 e. The fourth-order valence-electron chi connectivity index (χ4n) is 2.46. The number of anilines is 1. The van der Waals surface area contributed by atoms with Gasteiger partial charge in [-0.05, 0) is 37.1 Å². The highest BCUT2D eigenvalue weighted by atomic mass is 35.5. The first-order valence-electron chi connectivity index (χ1n) is 6.67. The quantitative estimate of drug-likeness (QED) is 0.745. The Morgan fingerprint density at radius 1 is 1.48 bits per heavy atom. The first-order valence-corrected chi connectivity index (χ1v) is 7.05. The summed E-state index contributed by atoms with van der Waals surface area (Å²) in [5.41, 5.74) is 6.75. The van der Waals surface area contributed by atoms with E-state index in [0.29, 0.717) is 16.3 Å². The fraction of sp³-hybridized carbons (Fsp3) is 0.400. The minimum atomic E-state index is -0.692. The number of fused-ring (bicyclic) bond motifs is 1. The van der Waals surface area contributed by atoms with E-state index in [2.05, 4.69) is 5.32 Å². The lowest BCUT2D eigenvalue weighted by Crippen LogP contribution is -2.27. The number of rotatable bonds is 4. The topological polar surface area (TPSA) is 96.0 Å². The van der Waals surface area contributed by atoms with Gasteiger partial charge in [0, 0.05) is 18.1 Å². The first kappa shape index (κ1) is 15.5. The average molecular weight is 308 g/mol. The Kier molecular flexibility index (Phi) is 3.80. The van der Waals surface area contributed by atoms with Crippen LogP contribution in [0.5, 0.6) is 0 Å². The van der Waals surface area contributed by atoms with E-state index in [1.165, 1.54) is 0 Å². The van der Waals surface area contributed by atoms with Crippen molar-refractivity contribution in [3.63, 3.8) is 0 Å². The predicted octanol–water partition coefficient (Wildman–Crippen LogP) is 2.45. The van der Waals surface area contributed by atoms with Crippen LogP contribution in [0.4, 0.5) is 5.69 Å². The van der Waals surface area contributed by atoms with E-state index >= 15 is 0 Å². The van der Waals surface area contributed by atoms with Crippen LogP contribution in [0.15, 0.2) is 12.1 Å². The number of carbonyl (C=O) groups excluding carboxylic acids is 2. The number of primary amides is 1. The smallest absolute Gasteiger partial charge is 0.234 e. The normalized spacial score (nSPS) is 17.0. The number of nitrogens with two attached hydrogens (primary N) is 1. The molecule has 2 rings (SSSR count). The number of hydrogen-bond donors (Lipinski definition) is 3. The van der Waals surface area contributed by atoms with Gasteiger partial charge >= 0.3 is 0 Å². The van der Waals surface area contributed by atoms with Crippen LogP contribution in [0, 0.1) is 11.3 Å². The highest BCUT2D eigenvalue weighted by molar-refractivity contribution is 6.35. The van der Waals surface area contributed by atoms with Crippen LogP contribution in [0.1, 0.15) is 38.3 Å². The summed E-state index contributed by atoms with van der Waals surface area (Å²) in [4.78, 5) is 23.0. The maximum atomic E-state index is 12.0. The number of amides is 2. The molecule has 1 aromatic carbocycles. The van der Waals surface area contributed by atoms with Crippen LogP contribution in [-0.4, -0.2) is 17.5 Å². The highest BCUT2D eigenvalue weighted by Gasteiger charge is 2.40. The third kappa shape index (κ3) is 2.65. The van der Waals surface area contributed by atoms with E-state index in [4.69, 9.17) is 22.7 Å². The molecule has 0 aromatic heterocycles. The van der Waals surface area contributed by atoms with Crippen LogP contribution < -0.4 is 11.1 Å². The summed E-state index contributed by atoms with van der Waals surface area (Å²) in [5.74, 6) is -0.866. The molecule has 0 bridgehead atoms. The summed E-state index contributed by atoms with van der Waals surface area (Å²) in [6.07, 6.45) is 0.105. The molecule has 0 aliphatic carbocycles. The van der Waals surface area contributed by atoms with Gasteiger partial charge in [-0.2, -0.15) is 0 Å². The molecule has 1 aliphatic rings.